The normalized spacial score (nSPS) is 10.8. The average molecular weight is 311 g/mol. The summed E-state index contributed by atoms with van der Waals surface area (Å²) in [6, 6.07) is 18.0. The van der Waals surface area contributed by atoms with Crippen LogP contribution < -0.4 is 5.32 Å². The van der Waals surface area contributed by atoms with Crippen LogP contribution in [0.1, 0.15) is 20.8 Å². The van der Waals surface area contributed by atoms with Crippen LogP contribution in [0.15, 0.2) is 54.6 Å². The first kappa shape index (κ1) is 14.8. The van der Waals surface area contributed by atoms with Crippen LogP contribution in [0.4, 0.5) is 0 Å². The Morgan fingerprint density at radius 3 is 2.55 bits per heavy atom. The van der Waals surface area contributed by atoms with Crippen molar-refractivity contribution >= 4 is 27.3 Å². The van der Waals surface area contributed by atoms with Crippen LogP contribution in [0.5, 0.6) is 0 Å². The van der Waals surface area contributed by atoms with Crippen molar-refractivity contribution in [3.8, 4) is 0 Å². The number of nitrogens with one attached hydrogen (secondary N) is 1. The van der Waals surface area contributed by atoms with E-state index in [0.29, 0.717) is 13.2 Å². The summed E-state index contributed by atoms with van der Waals surface area (Å²) in [5, 5.41) is 4.08. The van der Waals surface area contributed by atoms with Crippen LogP contribution in [0.3, 0.4) is 0 Å². The summed E-state index contributed by atoms with van der Waals surface area (Å²) in [6.07, 6.45) is 0. The number of carbonyl (C=O) groups is 1. The molecule has 0 saturated carbocycles. The van der Waals surface area contributed by atoms with Gasteiger partial charge in [0.05, 0.1) is 11.5 Å². The summed E-state index contributed by atoms with van der Waals surface area (Å²) in [5.74, 6) is -0.0258. The van der Waals surface area contributed by atoms with Crippen molar-refractivity contribution in [2.75, 3.05) is 7.11 Å². The van der Waals surface area contributed by atoms with E-state index in [0.717, 1.165) is 26.1 Å². The van der Waals surface area contributed by atoms with Gasteiger partial charge in [-0.25, -0.2) is 0 Å². The number of fused-ring (bicyclic) bond motifs is 1. The third kappa shape index (κ3) is 3.35. The predicted octanol–water partition coefficient (Wildman–Crippen LogP) is 3.98. The highest BCUT2D eigenvalue weighted by Gasteiger charge is 2.09. The van der Waals surface area contributed by atoms with E-state index in [1.165, 1.54) is 11.3 Å². The number of rotatable bonds is 5. The molecular weight excluding hydrogens is 294 g/mol. The molecule has 22 heavy (non-hydrogen) atoms. The summed E-state index contributed by atoms with van der Waals surface area (Å²) >= 11 is 1.52. The lowest BCUT2D eigenvalue weighted by Crippen LogP contribution is -2.21. The third-order valence-corrected chi connectivity index (χ3v) is 4.55. The molecule has 1 aromatic heterocycles. The van der Waals surface area contributed by atoms with Crippen molar-refractivity contribution in [3.63, 3.8) is 0 Å². The number of amides is 1. The predicted molar refractivity (Wildman–Crippen MR) is 90.2 cm³/mol. The topological polar surface area (TPSA) is 38.3 Å². The minimum absolute atomic E-state index is 0.0258. The Morgan fingerprint density at radius 1 is 1.09 bits per heavy atom. The van der Waals surface area contributed by atoms with Crippen LogP contribution in [0.25, 0.3) is 10.1 Å². The fourth-order valence-corrected chi connectivity index (χ4v) is 3.26. The molecule has 0 fully saturated rings. The second-order valence-corrected chi connectivity index (χ2v) is 6.16. The van der Waals surface area contributed by atoms with Gasteiger partial charge in [0.2, 0.25) is 0 Å². The minimum atomic E-state index is -0.0258. The Labute approximate surface area is 133 Å². The first-order valence-corrected chi connectivity index (χ1v) is 7.91. The summed E-state index contributed by atoms with van der Waals surface area (Å²) in [4.78, 5) is 13.0. The lowest BCUT2D eigenvalue weighted by molar-refractivity contribution is 0.0955. The molecular formula is C18H17NO2S. The number of hydrogen-bond acceptors (Lipinski definition) is 3. The van der Waals surface area contributed by atoms with E-state index in [4.69, 9.17) is 4.74 Å². The molecule has 0 atom stereocenters. The first-order valence-electron chi connectivity index (χ1n) is 7.10. The van der Waals surface area contributed by atoms with Crippen LogP contribution in [0, 0.1) is 0 Å². The molecule has 1 amide bonds. The molecule has 1 N–H and O–H groups in total. The van der Waals surface area contributed by atoms with Crippen molar-refractivity contribution in [1.82, 2.24) is 5.32 Å². The van der Waals surface area contributed by atoms with Crippen molar-refractivity contribution in [2.45, 2.75) is 13.2 Å². The highest BCUT2D eigenvalue weighted by Crippen LogP contribution is 2.25. The Bertz CT molecular complexity index is 744. The zero-order valence-corrected chi connectivity index (χ0v) is 13.2. The standard InChI is InChI=1S/C18H17NO2S/c1-21-12-14-8-6-13(7-9-14)11-19-18(20)17-10-15-4-2-3-5-16(15)22-17/h2-10H,11-12H2,1H3,(H,19,20). The summed E-state index contributed by atoms with van der Waals surface area (Å²) in [7, 11) is 1.68. The van der Waals surface area contributed by atoms with Gasteiger partial charge in [-0.2, -0.15) is 0 Å². The maximum atomic E-state index is 12.2. The van der Waals surface area contributed by atoms with E-state index in [2.05, 4.69) is 5.32 Å². The van der Waals surface area contributed by atoms with E-state index in [-0.39, 0.29) is 5.91 Å². The molecule has 0 radical (unpaired) electrons. The number of benzene rings is 2. The van der Waals surface area contributed by atoms with E-state index in [1.54, 1.807) is 7.11 Å². The zero-order valence-electron chi connectivity index (χ0n) is 12.3. The molecule has 112 valence electrons. The molecule has 0 bridgehead atoms. The number of carbonyl (C=O) groups excluding carboxylic acids is 1. The highest BCUT2D eigenvalue weighted by atomic mass is 32.1. The van der Waals surface area contributed by atoms with Gasteiger partial charge in [0.25, 0.3) is 5.91 Å². The molecule has 2 aromatic carbocycles. The Balaban J connectivity index is 1.64. The molecule has 1 heterocycles. The number of hydrogen-bond donors (Lipinski definition) is 1. The van der Waals surface area contributed by atoms with Crippen LogP contribution in [-0.2, 0) is 17.9 Å². The van der Waals surface area contributed by atoms with Gasteiger partial charge in [-0.1, -0.05) is 42.5 Å². The summed E-state index contributed by atoms with van der Waals surface area (Å²) < 4.78 is 6.22. The molecule has 0 saturated heterocycles. The van der Waals surface area contributed by atoms with Gasteiger partial charge in [-0.3, -0.25) is 4.79 Å². The number of ether oxygens (including phenoxy) is 1. The Morgan fingerprint density at radius 2 is 1.82 bits per heavy atom. The van der Waals surface area contributed by atoms with Gasteiger partial charge in [0.15, 0.2) is 0 Å². The maximum Gasteiger partial charge on any atom is 0.261 e. The SMILES string of the molecule is COCc1ccc(CNC(=O)c2cc3ccccc3s2)cc1. The Hall–Kier alpha value is -2.17. The van der Waals surface area contributed by atoms with E-state index >= 15 is 0 Å². The van der Waals surface area contributed by atoms with Gasteiger partial charge in [-0.05, 0) is 28.6 Å². The van der Waals surface area contributed by atoms with Gasteiger partial charge < -0.3 is 10.1 Å². The van der Waals surface area contributed by atoms with E-state index in [9.17, 15) is 4.79 Å². The smallest absolute Gasteiger partial charge is 0.261 e. The molecule has 0 aliphatic carbocycles. The molecule has 3 aromatic rings. The minimum Gasteiger partial charge on any atom is -0.380 e. The third-order valence-electron chi connectivity index (χ3n) is 3.44. The fourth-order valence-electron chi connectivity index (χ4n) is 2.28. The maximum absolute atomic E-state index is 12.2. The number of methoxy groups -OCH3 is 1. The first-order chi connectivity index (χ1) is 10.8. The average Bonchev–Trinajstić information content (AvgIpc) is 2.98. The second kappa shape index (κ2) is 6.73. The van der Waals surface area contributed by atoms with E-state index in [1.807, 2.05) is 54.6 Å². The van der Waals surface area contributed by atoms with Gasteiger partial charge >= 0.3 is 0 Å². The molecule has 3 rings (SSSR count). The highest BCUT2D eigenvalue weighted by molar-refractivity contribution is 7.20. The van der Waals surface area contributed by atoms with Crippen molar-refractivity contribution < 1.29 is 9.53 Å². The van der Waals surface area contributed by atoms with Crippen LogP contribution >= 0.6 is 11.3 Å². The number of thiophene rings is 1. The fraction of sp³-hybridized carbons (Fsp3) is 0.167. The van der Waals surface area contributed by atoms with Crippen LogP contribution in [0.2, 0.25) is 0 Å². The van der Waals surface area contributed by atoms with Crippen molar-refractivity contribution in [3.05, 3.63) is 70.6 Å². The molecule has 0 unspecified atom stereocenters. The molecule has 0 aliphatic heterocycles. The lowest BCUT2D eigenvalue weighted by Gasteiger charge is -2.05. The van der Waals surface area contributed by atoms with Crippen LogP contribution in [-0.4, -0.2) is 13.0 Å². The van der Waals surface area contributed by atoms with Crippen molar-refractivity contribution in [1.29, 1.82) is 0 Å². The lowest BCUT2D eigenvalue weighted by atomic mass is 10.1. The molecule has 0 spiro atoms. The molecule has 3 nitrogen and oxygen atoms in total. The van der Waals surface area contributed by atoms with Gasteiger partial charge in [0.1, 0.15) is 0 Å². The van der Waals surface area contributed by atoms with E-state index < -0.39 is 0 Å². The Kier molecular flexibility index (Phi) is 4.51. The summed E-state index contributed by atoms with van der Waals surface area (Å²) in [6.45, 7) is 1.13. The molecule has 4 heteroatoms. The summed E-state index contributed by atoms with van der Waals surface area (Å²) in [5.41, 5.74) is 2.20. The second-order valence-electron chi connectivity index (χ2n) is 5.08. The quantitative estimate of drug-likeness (QED) is 0.774. The van der Waals surface area contributed by atoms with Gasteiger partial charge in [-0.15, -0.1) is 11.3 Å². The largest absolute Gasteiger partial charge is 0.380 e. The van der Waals surface area contributed by atoms with Crippen molar-refractivity contribution in [2.24, 2.45) is 0 Å². The molecule has 0 aliphatic rings. The zero-order chi connectivity index (χ0) is 15.4. The van der Waals surface area contributed by atoms with Gasteiger partial charge in [0, 0.05) is 18.4 Å². The monoisotopic (exact) mass is 311 g/mol.